The molecule has 1 aromatic rings. The van der Waals surface area contributed by atoms with Gasteiger partial charge in [0.25, 0.3) is 0 Å². The van der Waals surface area contributed by atoms with E-state index in [1.165, 1.54) is 13.2 Å². The zero-order valence-corrected chi connectivity index (χ0v) is 9.70. The molecule has 4 nitrogen and oxygen atoms in total. The Morgan fingerprint density at radius 1 is 1.44 bits per heavy atom. The normalized spacial score (nSPS) is 9.44. The van der Waals surface area contributed by atoms with Crippen LogP contribution in [0.25, 0.3) is 0 Å². The number of nitrogens with two attached hydrogens (primary N) is 1. The van der Waals surface area contributed by atoms with Gasteiger partial charge in [-0.25, -0.2) is 0 Å². The van der Waals surface area contributed by atoms with Gasteiger partial charge in [-0.2, -0.15) is 0 Å². The topological polar surface area (TPSA) is 64.3 Å². The van der Waals surface area contributed by atoms with Crippen molar-refractivity contribution in [3.63, 3.8) is 0 Å². The molecule has 86 valence electrons. The van der Waals surface area contributed by atoms with Crippen molar-refractivity contribution < 1.29 is 9.53 Å². The molecule has 1 amide bonds. The van der Waals surface area contributed by atoms with Crippen molar-refractivity contribution in [2.75, 3.05) is 18.2 Å². The van der Waals surface area contributed by atoms with Crippen molar-refractivity contribution in [3.05, 3.63) is 29.8 Å². The van der Waals surface area contributed by atoms with Gasteiger partial charge >= 0.3 is 0 Å². The molecule has 1 rings (SSSR count). The number of hydrogen-bond acceptors (Lipinski definition) is 3. The smallest absolute Gasteiger partial charge is 0.248 e. The van der Waals surface area contributed by atoms with E-state index >= 15 is 0 Å². The third-order valence-electron chi connectivity index (χ3n) is 1.92. The fraction of sp³-hybridized carbons (Fsp3) is 0.250. The highest BCUT2D eigenvalue weighted by Crippen LogP contribution is 2.24. The number of amides is 1. The quantitative estimate of drug-likeness (QED) is 0.606. The van der Waals surface area contributed by atoms with Gasteiger partial charge in [0.15, 0.2) is 0 Å². The van der Waals surface area contributed by atoms with E-state index in [-0.39, 0.29) is 5.91 Å². The van der Waals surface area contributed by atoms with Gasteiger partial charge in [0.05, 0.1) is 12.8 Å². The summed E-state index contributed by atoms with van der Waals surface area (Å²) in [5.74, 6) is 0.391. The fourth-order valence-corrected chi connectivity index (χ4v) is 1.23. The van der Waals surface area contributed by atoms with E-state index in [2.05, 4.69) is 5.32 Å². The van der Waals surface area contributed by atoms with Crippen LogP contribution in [0.3, 0.4) is 0 Å². The Hall–Kier alpha value is -1.97. The van der Waals surface area contributed by atoms with Crippen LogP contribution in [0.5, 0.6) is 5.75 Å². The van der Waals surface area contributed by atoms with E-state index in [1.807, 2.05) is 13.8 Å². The van der Waals surface area contributed by atoms with Crippen molar-refractivity contribution in [1.29, 1.82) is 0 Å². The van der Waals surface area contributed by atoms with Crippen molar-refractivity contribution in [2.45, 2.75) is 13.8 Å². The van der Waals surface area contributed by atoms with E-state index in [0.717, 1.165) is 5.57 Å². The summed E-state index contributed by atoms with van der Waals surface area (Å²) in [4.78, 5) is 11.4. The van der Waals surface area contributed by atoms with Gasteiger partial charge in [0.1, 0.15) is 5.75 Å². The van der Waals surface area contributed by atoms with Gasteiger partial charge < -0.3 is 15.8 Å². The minimum atomic E-state index is -0.160. The third kappa shape index (κ3) is 3.31. The Morgan fingerprint density at radius 3 is 2.69 bits per heavy atom. The predicted molar refractivity (Wildman–Crippen MR) is 65.5 cm³/mol. The first-order valence-electron chi connectivity index (χ1n) is 4.92. The fourth-order valence-electron chi connectivity index (χ4n) is 1.23. The number of carbonyl (C=O) groups excluding carboxylic acids is 1. The van der Waals surface area contributed by atoms with Crippen LogP contribution in [0.1, 0.15) is 13.8 Å². The second kappa shape index (κ2) is 5.21. The molecule has 4 heteroatoms. The second-order valence-electron chi connectivity index (χ2n) is 3.67. The van der Waals surface area contributed by atoms with Gasteiger partial charge in [-0.3, -0.25) is 4.79 Å². The highest BCUT2D eigenvalue weighted by Gasteiger charge is 2.03. The first-order chi connectivity index (χ1) is 7.52. The van der Waals surface area contributed by atoms with E-state index in [9.17, 15) is 4.79 Å². The van der Waals surface area contributed by atoms with E-state index < -0.39 is 0 Å². The summed E-state index contributed by atoms with van der Waals surface area (Å²) in [6, 6.07) is 5.11. The maximum absolute atomic E-state index is 11.4. The van der Waals surface area contributed by atoms with Crippen LogP contribution in [-0.4, -0.2) is 13.0 Å². The molecule has 0 radical (unpaired) electrons. The van der Waals surface area contributed by atoms with Crippen molar-refractivity contribution in [2.24, 2.45) is 0 Å². The van der Waals surface area contributed by atoms with Crippen LogP contribution < -0.4 is 15.8 Å². The molecule has 0 fully saturated rings. The molecule has 0 saturated carbocycles. The van der Waals surface area contributed by atoms with Gasteiger partial charge in [0.2, 0.25) is 5.91 Å². The van der Waals surface area contributed by atoms with Crippen molar-refractivity contribution in [1.82, 2.24) is 0 Å². The minimum Gasteiger partial charge on any atom is -0.495 e. The molecule has 0 bridgehead atoms. The summed E-state index contributed by atoms with van der Waals surface area (Å²) >= 11 is 0. The maximum Gasteiger partial charge on any atom is 0.248 e. The summed E-state index contributed by atoms with van der Waals surface area (Å²) in [5.41, 5.74) is 7.81. The Kier molecular flexibility index (Phi) is 3.94. The monoisotopic (exact) mass is 220 g/mol. The molecule has 0 aromatic heterocycles. The summed E-state index contributed by atoms with van der Waals surface area (Å²) in [7, 11) is 1.54. The standard InChI is InChI=1S/C12H16N2O2/c1-8(2)6-12(15)14-9-4-5-10(13)11(7-9)16-3/h4-7H,13H2,1-3H3,(H,14,15). The van der Waals surface area contributed by atoms with Crippen LogP contribution in [0.15, 0.2) is 29.8 Å². The highest BCUT2D eigenvalue weighted by atomic mass is 16.5. The molecule has 0 spiro atoms. The molecular weight excluding hydrogens is 204 g/mol. The first-order valence-corrected chi connectivity index (χ1v) is 4.92. The van der Waals surface area contributed by atoms with Crippen LogP contribution in [0.2, 0.25) is 0 Å². The zero-order chi connectivity index (χ0) is 12.1. The second-order valence-corrected chi connectivity index (χ2v) is 3.67. The SMILES string of the molecule is COc1cc(NC(=O)C=C(C)C)ccc1N. The maximum atomic E-state index is 11.4. The van der Waals surface area contributed by atoms with Gasteiger partial charge in [-0.15, -0.1) is 0 Å². The number of nitrogens with one attached hydrogen (secondary N) is 1. The lowest BCUT2D eigenvalue weighted by atomic mass is 10.2. The molecule has 0 aliphatic carbocycles. The van der Waals surface area contributed by atoms with E-state index in [1.54, 1.807) is 18.2 Å². The lowest BCUT2D eigenvalue weighted by Gasteiger charge is -2.07. The summed E-state index contributed by atoms with van der Waals surface area (Å²) < 4.78 is 5.06. The number of hydrogen-bond donors (Lipinski definition) is 2. The lowest BCUT2D eigenvalue weighted by Crippen LogP contribution is -2.08. The molecule has 3 N–H and O–H groups in total. The third-order valence-corrected chi connectivity index (χ3v) is 1.92. The molecule has 0 atom stereocenters. The molecule has 16 heavy (non-hydrogen) atoms. The Morgan fingerprint density at radius 2 is 2.12 bits per heavy atom. The van der Waals surface area contributed by atoms with Crippen LogP contribution in [0.4, 0.5) is 11.4 Å². The van der Waals surface area contributed by atoms with Crippen LogP contribution in [-0.2, 0) is 4.79 Å². The molecule has 0 unspecified atom stereocenters. The number of carbonyl (C=O) groups is 1. The van der Waals surface area contributed by atoms with Gasteiger partial charge in [0, 0.05) is 17.8 Å². The summed E-state index contributed by atoms with van der Waals surface area (Å²) in [6.07, 6.45) is 1.53. The minimum absolute atomic E-state index is 0.160. The molecule has 0 heterocycles. The average molecular weight is 220 g/mol. The van der Waals surface area contributed by atoms with E-state index in [0.29, 0.717) is 17.1 Å². The predicted octanol–water partition coefficient (Wildman–Crippen LogP) is 2.18. The van der Waals surface area contributed by atoms with Gasteiger partial charge in [-0.1, -0.05) is 5.57 Å². The van der Waals surface area contributed by atoms with E-state index in [4.69, 9.17) is 10.5 Å². The molecule has 1 aromatic carbocycles. The van der Waals surface area contributed by atoms with Crippen molar-refractivity contribution in [3.8, 4) is 5.75 Å². The number of anilines is 2. The molecule has 0 aliphatic rings. The van der Waals surface area contributed by atoms with Crippen molar-refractivity contribution >= 4 is 17.3 Å². The largest absolute Gasteiger partial charge is 0.495 e. The van der Waals surface area contributed by atoms with Crippen LogP contribution >= 0.6 is 0 Å². The summed E-state index contributed by atoms with van der Waals surface area (Å²) in [5, 5.41) is 2.72. The molecule has 0 aliphatic heterocycles. The number of nitrogen functional groups attached to an aromatic ring is 1. The Balaban J connectivity index is 2.82. The number of rotatable bonds is 3. The summed E-state index contributed by atoms with van der Waals surface area (Å²) in [6.45, 7) is 3.73. The highest BCUT2D eigenvalue weighted by molar-refractivity contribution is 5.99. The first kappa shape index (κ1) is 12.1. The number of allylic oxidation sites excluding steroid dienone is 1. The average Bonchev–Trinajstić information content (AvgIpc) is 2.19. The zero-order valence-electron chi connectivity index (χ0n) is 9.70. The number of benzene rings is 1. The lowest BCUT2D eigenvalue weighted by molar-refractivity contribution is -0.111. The molecular formula is C12H16N2O2. The number of ether oxygens (including phenoxy) is 1. The Labute approximate surface area is 95.1 Å². The van der Waals surface area contributed by atoms with Gasteiger partial charge in [-0.05, 0) is 26.0 Å². The number of methoxy groups -OCH3 is 1. The molecule has 0 saturated heterocycles. The van der Waals surface area contributed by atoms with Crippen LogP contribution in [0, 0.1) is 0 Å². The Bertz CT molecular complexity index is 421.